The minimum atomic E-state index is -0.0216. The van der Waals surface area contributed by atoms with Gasteiger partial charge in [0.05, 0.1) is 12.7 Å². The van der Waals surface area contributed by atoms with Gasteiger partial charge in [-0.1, -0.05) is 12.1 Å². The van der Waals surface area contributed by atoms with Gasteiger partial charge in [-0.15, -0.1) is 0 Å². The van der Waals surface area contributed by atoms with Crippen molar-refractivity contribution in [1.29, 1.82) is 0 Å². The third kappa shape index (κ3) is 4.05. The molecule has 1 unspecified atom stereocenters. The van der Waals surface area contributed by atoms with Gasteiger partial charge in [-0.25, -0.2) is 4.98 Å². The summed E-state index contributed by atoms with van der Waals surface area (Å²) in [5, 5.41) is 9.27. The average molecular weight is 378 g/mol. The van der Waals surface area contributed by atoms with Crippen LogP contribution in [0.15, 0.2) is 42.9 Å². The summed E-state index contributed by atoms with van der Waals surface area (Å²) >= 11 is 0. The molecule has 0 aliphatic carbocycles. The Labute approximate surface area is 165 Å². The fourth-order valence-corrected chi connectivity index (χ4v) is 3.74. The molecule has 0 radical (unpaired) electrons. The third-order valence-corrected chi connectivity index (χ3v) is 5.34. The van der Waals surface area contributed by atoms with Crippen molar-refractivity contribution < 1.29 is 4.79 Å². The van der Waals surface area contributed by atoms with Crippen molar-refractivity contribution in [2.24, 2.45) is 7.05 Å². The van der Waals surface area contributed by atoms with Crippen molar-refractivity contribution >= 4 is 22.5 Å². The molecule has 1 amide bonds. The van der Waals surface area contributed by atoms with Crippen LogP contribution in [0.4, 0.5) is 5.82 Å². The van der Waals surface area contributed by atoms with Crippen LogP contribution in [0.2, 0.25) is 0 Å². The summed E-state index contributed by atoms with van der Waals surface area (Å²) in [4.78, 5) is 21.4. The van der Waals surface area contributed by atoms with Crippen molar-refractivity contribution in [2.45, 2.75) is 13.0 Å². The molecule has 1 aliphatic heterocycles. The van der Waals surface area contributed by atoms with E-state index in [2.05, 4.69) is 51.3 Å². The first-order valence-electron chi connectivity index (χ1n) is 9.59. The number of nitrogens with zero attached hydrogens (tertiary/aromatic N) is 5. The lowest BCUT2D eigenvalue weighted by atomic mass is 10.1. The van der Waals surface area contributed by atoms with Crippen LogP contribution >= 0.6 is 0 Å². The minimum Gasteiger partial charge on any atom is -0.310 e. The molecule has 7 heteroatoms. The van der Waals surface area contributed by atoms with E-state index < -0.39 is 0 Å². The van der Waals surface area contributed by atoms with Crippen molar-refractivity contribution in [3.8, 4) is 11.1 Å². The SMILES string of the molecule is CC1CN(C)CCN1CC(=O)Nc1cc2cc(-c3cnn(C)c3)ccc2cn1. The third-order valence-electron chi connectivity index (χ3n) is 5.34. The number of piperazine rings is 1. The second kappa shape index (κ2) is 7.69. The number of nitrogens with one attached hydrogen (secondary N) is 1. The number of hydrogen-bond acceptors (Lipinski definition) is 5. The van der Waals surface area contributed by atoms with Crippen molar-refractivity contribution in [1.82, 2.24) is 24.6 Å². The summed E-state index contributed by atoms with van der Waals surface area (Å²) in [7, 11) is 4.02. The molecule has 1 N–H and O–H groups in total. The normalized spacial score (nSPS) is 18.5. The Balaban J connectivity index is 1.48. The molecule has 28 heavy (non-hydrogen) atoms. The van der Waals surface area contributed by atoms with Crippen LogP contribution in [0.5, 0.6) is 0 Å². The lowest BCUT2D eigenvalue weighted by Gasteiger charge is -2.37. The predicted octanol–water partition coefficient (Wildman–Crippen LogP) is 2.21. The second-order valence-corrected chi connectivity index (χ2v) is 7.66. The highest BCUT2D eigenvalue weighted by molar-refractivity contribution is 5.94. The number of fused-ring (bicyclic) bond motifs is 1. The van der Waals surface area contributed by atoms with Gasteiger partial charge in [0.15, 0.2) is 0 Å². The van der Waals surface area contributed by atoms with Gasteiger partial charge in [-0.05, 0) is 37.1 Å². The molecule has 7 nitrogen and oxygen atoms in total. The molecule has 1 atom stereocenters. The standard InChI is InChI=1S/C21H26N6O/c1-15-12-25(2)6-7-27(15)14-21(28)24-20-9-18-8-16(4-5-17(18)10-22-20)19-11-23-26(3)13-19/h4-5,8-11,13,15H,6-7,12,14H2,1-3H3,(H,22,24,28). The lowest BCUT2D eigenvalue weighted by Crippen LogP contribution is -2.52. The molecule has 3 heterocycles. The molecule has 1 saturated heterocycles. The van der Waals surface area contributed by atoms with Crippen LogP contribution in [0.1, 0.15) is 6.92 Å². The van der Waals surface area contributed by atoms with E-state index in [9.17, 15) is 4.79 Å². The summed E-state index contributed by atoms with van der Waals surface area (Å²) in [6, 6.07) is 8.51. The number of hydrogen-bond donors (Lipinski definition) is 1. The molecule has 0 spiro atoms. The Hall–Kier alpha value is -2.77. The van der Waals surface area contributed by atoms with Gasteiger partial charge in [-0.2, -0.15) is 5.10 Å². The number of anilines is 1. The Bertz CT molecular complexity index is 997. The monoisotopic (exact) mass is 378 g/mol. The van der Waals surface area contributed by atoms with Crippen molar-refractivity contribution in [2.75, 3.05) is 38.5 Å². The first kappa shape index (κ1) is 18.6. The topological polar surface area (TPSA) is 66.3 Å². The van der Waals surface area contributed by atoms with Gasteiger partial charge in [0.25, 0.3) is 0 Å². The zero-order chi connectivity index (χ0) is 19.7. The summed E-state index contributed by atoms with van der Waals surface area (Å²) in [6.07, 6.45) is 5.64. The fourth-order valence-electron chi connectivity index (χ4n) is 3.74. The van der Waals surface area contributed by atoms with E-state index in [1.54, 1.807) is 10.9 Å². The van der Waals surface area contributed by atoms with Crippen molar-refractivity contribution in [3.05, 3.63) is 42.9 Å². The highest BCUT2D eigenvalue weighted by atomic mass is 16.2. The van der Waals surface area contributed by atoms with Crippen molar-refractivity contribution in [3.63, 3.8) is 0 Å². The van der Waals surface area contributed by atoms with Crippen LogP contribution in [0.25, 0.3) is 21.9 Å². The Morgan fingerprint density at radius 2 is 2.00 bits per heavy atom. The fraction of sp³-hybridized carbons (Fsp3) is 0.381. The van der Waals surface area contributed by atoms with Gasteiger partial charge < -0.3 is 10.2 Å². The highest BCUT2D eigenvalue weighted by Gasteiger charge is 2.23. The van der Waals surface area contributed by atoms with Gasteiger partial charge in [0, 0.05) is 56.1 Å². The maximum atomic E-state index is 12.5. The van der Waals surface area contributed by atoms with E-state index in [0.29, 0.717) is 18.4 Å². The van der Waals surface area contributed by atoms with Gasteiger partial charge >= 0.3 is 0 Å². The molecular weight excluding hydrogens is 352 g/mol. The predicted molar refractivity (Wildman–Crippen MR) is 111 cm³/mol. The van der Waals surface area contributed by atoms with Crippen LogP contribution in [-0.4, -0.2) is 69.7 Å². The number of aryl methyl sites for hydroxylation is 1. The number of benzene rings is 1. The number of pyridine rings is 1. The van der Waals surface area contributed by atoms with Crippen LogP contribution in [-0.2, 0) is 11.8 Å². The molecular formula is C21H26N6O. The zero-order valence-corrected chi connectivity index (χ0v) is 16.6. The number of likely N-dealkylation sites (N-methyl/N-ethyl adjacent to an activating group) is 1. The number of rotatable bonds is 4. The number of carbonyl (C=O) groups excluding carboxylic acids is 1. The summed E-state index contributed by atoms with van der Waals surface area (Å²) in [5.41, 5.74) is 2.16. The number of carbonyl (C=O) groups is 1. The first-order chi connectivity index (χ1) is 13.5. The second-order valence-electron chi connectivity index (χ2n) is 7.66. The highest BCUT2D eigenvalue weighted by Crippen LogP contribution is 2.25. The summed E-state index contributed by atoms with van der Waals surface area (Å²) in [5.74, 6) is 0.564. The van der Waals surface area contributed by atoms with E-state index in [4.69, 9.17) is 0 Å². The molecule has 1 fully saturated rings. The maximum Gasteiger partial charge on any atom is 0.239 e. The Kier molecular flexibility index (Phi) is 5.11. The van der Waals surface area contributed by atoms with Crippen LogP contribution in [0.3, 0.4) is 0 Å². The summed E-state index contributed by atoms with van der Waals surface area (Å²) < 4.78 is 1.79. The minimum absolute atomic E-state index is 0.0216. The largest absolute Gasteiger partial charge is 0.310 e. The van der Waals surface area contributed by atoms with Gasteiger partial charge in [0.2, 0.25) is 5.91 Å². The molecule has 146 valence electrons. The van der Waals surface area contributed by atoms with E-state index in [1.807, 2.05) is 31.6 Å². The van der Waals surface area contributed by atoms with Crippen LogP contribution in [0, 0.1) is 0 Å². The smallest absolute Gasteiger partial charge is 0.239 e. The Morgan fingerprint density at radius 3 is 2.75 bits per heavy atom. The molecule has 0 bridgehead atoms. The molecule has 1 aromatic carbocycles. The molecule has 2 aromatic heterocycles. The zero-order valence-electron chi connectivity index (χ0n) is 16.6. The van der Waals surface area contributed by atoms with Crippen LogP contribution < -0.4 is 5.32 Å². The van der Waals surface area contributed by atoms with E-state index in [-0.39, 0.29) is 5.91 Å². The Morgan fingerprint density at radius 1 is 1.14 bits per heavy atom. The van der Waals surface area contributed by atoms with Gasteiger partial charge in [-0.3, -0.25) is 14.4 Å². The first-order valence-corrected chi connectivity index (χ1v) is 9.59. The molecule has 0 saturated carbocycles. The van der Waals surface area contributed by atoms with Gasteiger partial charge in [0.1, 0.15) is 5.82 Å². The van der Waals surface area contributed by atoms with E-state index >= 15 is 0 Å². The van der Waals surface area contributed by atoms with E-state index in [1.165, 1.54) is 0 Å². The average Bonchev–Trinajstić information content (AvgIpc) is 3.10. The summed E-state index contributed by atoms with van der Waals surface area (Å²) in [6.45, 7) is 5.44. The lowest BCUT2D eigenvalue weighted by molar-refractivity contribution is -0.118. The molecule has 3 aromatic rings. The number of amides is 1. The molecule has 1 aliphatic rings. The quantitative estimate of drug-likeness (QED) is 0.754. The molecule has 4 rings (SSSR count). The maximum absolute atomic E-state index is 12.5. The van der Waals surface area contributed by atoms with E-state index in [0.717, 1.165) is 41.5 Å². The number of aromatic nitrogens is 3.